The lowest BCUT2D eigenvalue weighted by atomic mass is 9.88. The molecule has 0 saturated heterocycles. The first-order valence-corrected chi connectivity index (χ1v) is 8.21. The summed E-state index contributed by atoms with van der Waals surface area (Å²) in [6.07, 6.45) is 3.20. The highest BCUT2D eigenvalue weighted by atomic mass is 16.5. The van der Waals surface area contributed by atoms with Crippen LogP contribution in [-0.4, -0.2) is 12.5 Å². The van der Waals surface area contributed by atoms with E-state index in [4.69, 9.17) is 4.74 Å². The van der Waals surface area contributed by atoms with Gasteiger partial charge in [0, 0.05) is 0 Å². The maximum absolute atomic E-state index is 12.2. The van der Waals surface area contributed by atoms with Gasteiger partial charge in [-0.05, 0) is 67.5 Å². The Bertz CT molecular complexity index is 709. The number of carbonyl (C=O) groups excluding carboxylic acids is 1. The van der Waals surface area contributed by atoms with E-state index in [1.54, 1.807) is 0 Å². The predicted octanol–water partition coefficient (Wildman–Crippen LogP) is 3.88. The van der Waals surface area contributed by atoms with Gasteiger partial charge in [0.15, 0.2) is 6.61 Å². The monoisotopic (exact) mass is 309 g/mol. The van der Waals surface area contributed by atoms with Crippen molar-refractivity contribution in [3.8, 4) is 5.75 Å². The summed E-state index contributed by atoms with van der Waals surface area (Å²) in [5, 5.41) is 3.11. The molecule has 23 heavy (non-hydrogen) atoms. The molecule has 1 amide bonds. The lowest BCUT2D eigenvalue weighted by Crippen LogP contribution is -2.34. The molecule has 0 radical (unpaired) electrons. The second-order valence-corrected chi connectivity index (χ2v) is 6.25. The van der Waals surface area contributed by atoms with Crippen molar-refractivity contribution in [3.05, 3.63) is 64.7 Å². The molecule has 0 aliphatic heterocycles. The molecule has 0 fully saturated rings. The van der Waals surface area contributed by atoms with Gasteiger partial charge in [-0.2, -0.15) is 0 Å². The van der Waals surface area contributed by atoms with E-state index in [0.717, 1.165) is 25.0 Å². The largest absolute Gasteiger partial charge is 0.484 e. The van der Waals surface area contributed by atoms with Gasteiger partial charge >= 0.3 is 0 Å². The molecule has 0 spiro atoms. The second-order valence-electron chi connectivity index (χ2n) is 6.25. The summed E-state index contributed by atoms with van der Waals surface area (Å²) in [6.45, 7) is 4.16. The first-order valence-electron chi connectivity index (χ1n) is 8.21. The van der Waals surface area contributed by atoms with Crippen molar-refractivity contribution in [3.63, 3.8) is 0 Å². The van der Waals surface area contributed by atoms with Gasteiger partial charge in [-0.25, -0.2) is 0 Å². The fraction of sp³-hybridized carbons (Fsp3) is 0.350. The zero-order chi connectivity index (χ0) is 16.2. The van der Waals surface area contributed by atoms with E-state index in [1.165, 1.54) is 22.3 Å². The first-order chi connectivity index (χ1) is 11.1. The standard InChI is InChI=1S/C20H23NO2/c1-14-10-11-17(12-15(14)2)23-13-20(22)21-19-9-5-7-16-6-3-4-8-18(16)19/h3-4,6,8,10-12,19H,5,7,9,13H2,1-2H3,(H,21,22). The van der Waals surface area contributed by atoms with Crippen LogP contribution in [0, 0.1) is 13.8 Å². The van der Waals surface area contributed by atoms with Crippen molar-refractivity contribution in [1.82, 2.24) is 5.32 Å². The molecule has 1 N–H and O–H groups in total. The lowest BCUT2D eigenvalue weighted by molar-refractivity contribution is -0.123. The third kappa shape index (κ3) is 3.73. The average molecular weight is 309 g/mol. The summed E-state index contributed by atoms with van der Waals surface area (Å²) in [7, 11) is 0. The molecule has 3 heteroatoms. The summed E-state index contributed by atoms with van der Waals surface area (Å²) in [6, 6.07) is 14.4. The number of amides is 1. The molecule has 2 aromatic rings. The lowest BCUT2D eigenvalue weighted by Gasteiger charge is -2.26. The molecule has 0 aromatic heterocycles. The molecule has 1 unspecified atom stereocenters. The van der Waals surface area contributed by atoms with Crippen molar-refractivity contribution >= 4 is 5.91 Å². The van der Waals surface area contributed by atoms with Crippen LogP contribution in [0.5, 0.6) is 5.75 Å². The van der Waals surface area contributed by atoms with E-state index in [1.807, 2.05) is 31.2 Å². The number of fused-ring (bicyclic) bond motifs is 1. The zero-order valence-electron chi connectivity index (χ0n) is 13.8. The van der Waals surface area contributed by atoms with Crippen LogP contribution in [0.2, 0.25) is 0 Å². The van der Waals surface area contributed by atoms with Gasteiger partial charge in [0.1, 0.15) is 5.75 Å². The van der Waals surface area contributed by atoms with E-state index in [2.05, 4.69) is 30.4 Å². The van der Waals surface area contributed by atoms with Gasteiger partial charge in [-0.3, -0.25) is 4.79 Å². The quantitative estimate of drug-likeness (QED) is 0.931. The van der Waals surface area contributed by atoms with Crippen molar-refractivity contribution in [2.75, 3.05) is 6.61 Å². The van der Waals surface area contributed by atoms with Crippen molar-refractivity contribution in [2.24, 2.45) is 0 Å². The SMILES string of the molecule is Cc1ccc(OCC(=O)NC2CCCc3ccccc32)cc1C. The Balaban J connectivity index is 1.59. The Kier molecular flexibility index (Phi) is 4.65. The summed E-state index contributed by atoms with van der Waals surface area (Å²) < 4.78 is 5.62. The van der Waals surface area contributed by atoms with Crippen molar-refractivity contribution in [1.29, 1.82) is 0 Å². The Labute approximate surface area is 137 Å². The first kappa shape index (κ1) is 15.6. The molecular formula is C20H23NO2. The number of aryl methyl sites for hydroxylation is 3. The highest BCUT2D eigenvalue weighted by Crippen LogP contribution is 2.29. The average Bonchev–Trinajstić information content (AvgIpc) is 2.56. The molecule has 2 aromatic carbocycles. The number of benzene rings is 2. The van der Waals surface area contributed by atoms with Crippen molar-refractivity contribution in [2.45, 2.75) is 39.2 Å². The Morgan fingerprint density at radius 2 is 2.00 bits per heavy atom. The van der Waals surface area contributed by atoms with Gasteiger partial charge in [0.05, 0.1) is 6.04 Å². The van der Waals surface area contributed by atoms with Gasteiger partial charge in [0.25, 0.3) is 5.91 Å². The van der Waals surface area contributed by atoms with Gasteiger partial charge < -0.3 is 10.1 Å². The molecule has 1 atom stereocenters. The summed E-state index contributed by atoms with van der Waals surface area (Å²) in [5.41, 5.74) is 4.99. The number of hydrogen-bond donors (Lipinski definition) is 1. The molecule has 0 heterocycles. The highest BCUT2D eigenvalue weighted by molar-refractivity contribution is 5.78. The van der Waals surface area contributed by atoms with Crippen LogP contribution in [0.15, 0.2) is 42.5 Å². The van der Waals surface area contributed by atoms with E-state index in [9.17, 15) is 4.79 Å². The van der Waals surface area contributed by atoms with Gasteiger partial charge in [-0.15, -0.1) is 0 Å². The van der Waals surface area contributed by atoms with Crippen LogP contribution in [0.4, 0.5) is 0 Å². The Hall–Kier alpha value is -2.29. The van der Waals surface area contributed by atoms with E-state index in [-0.39, 0.29) is 18.6 Å². The van der Waals surface area contributed by atoms with Crippen LogP contribution in [0.1, 0.15) is 41.1 Å². The molecule has 3 rings (SSSR count). The molecule has 120 valence electrons. The highest BCUT2D eigenvalue weighted by Gasteiger charge is 2.21. The van der Waals surface area contributed by atoms with Crippen LogP contribution in [0.25, 0.3) is 0 Å². The molecular weight excluding hydrogens is 286 g/mol. The Morgan fingerprint density at radius 1 is 1.17 bits per heavy atom. The maximum Gasteiger partial charge on any atom is 0.258 e. The molecule has 0 saturated carbocycles. The molecule has 1 aliphatic rings. The van der Waals surface area contributed by atoms with E-state index >= 15 is 0 Å². The summed E-state index contributed by atoms with van der Waals surface area (Å²) >= 11 is 0. The molecule has 0 bridgehead atoms. The number of nitrogens with one attached hydrogen (secondary N) is 1. The minimum absolute atomic E-state index is 0.0567. The minimum atomic E-state index is -0.0649. The predicted molar refractivity (Wildman–Crippen MR) is 91.7 cm³/mol. The molecule has 3 nitrogen and oxygen atoms in total. The van der Waals surface area contributed by atoms with Crippen LogP contribution < -0.4 is 10.1 Å². The van der Waals surface area contributed by atoms with E-state index in [0.29, 0.717) is 0 Å². The van der Waals surface area contributed by atoms with Crippen molar-refractivity contribution < 1.29 is 9.53 Å². The van der Waals surface area contributed by atoms with Crippen LogP contribution in [0.3, 0.4) is 0 Å². The normalized spacial score (nSPS) is 16.5. The number of ether oxygens (including phenoxy) is 1. The number of rotatable bonds is 4. The zero-order valence-corrected chi connectivity index (χ0v) is 13.8. The summed E-state index contributed by atoms with van der Waals surface area (Å²) in [5.74, 6) is 0.678. The fourth-order valence-electron chi connectivity index (χ4n) is 3.09. The van der Waals surface area contributed by atoms with Crippen LogP contribution >= 0.6 is 0 Å². The molecule has 1 aliphatic carbocycles. The second kappa shape index (κ2) is 6.86. The minimum Gasteiger partial charge on any atom is -0.484 e. The van der Waals surface area contributed by atoms with Gasteiger partial charge in [0.2, 0.25) is 0 Å². The maximum atomic E-state index is 12.2. The number of hydrogen-bond acceptors (Lipinski definition) is 2. The summed E-state index contributed by atoms with van der Waals surface area (Å²) in [4.78, 5) is 12.2. The topological polar surface area (TPSA) is 38.3 Å². The number of carbonyl (C=O) groups is 1. The van der Waals surface area contributed by atoms with Gasteiger partial charge in [-0.1, -0.05) is 30.3 Å². The van der Waals surface area contributed by atoms with E-state index < -0.39 is 0 Å². The third-order valence-corrected chi connectivity index (χ3v) is 4.55. The smallest absolute Gasteiger partial charge is 0.258 e. The Morgan fingerprint density at radius 3 is 2.83 bits per heavy atom. The van der Waals surface area contributed by atoms with Crippen LogP contribution in [-0.2, 0) is 11.2 Å². The fourth-order valence-corrected chi connectivity index (χ4v) is 3.09. The third-order valence-electron chi connectivity index (χ3n) is 4.55.